The Morgan fingerprint density at radius 2 is 2.18 bits per heavy atom. The monoisotopic (exact) mass is 256 g/mol. The molecule has 1 aliphatic heterocycles. The summed E-state index contributed by atoms with van der Waals surface area (Å²) < 4.78 is 1.50. The van der Waals surface area contributed by atoms with Gasteiger partial charge in [0.15, 0.2) is 0 Å². The van der Waals surface area contributed by atoms with Crippen molar-refractivity contribution in [1.82, 2.24) is 9.47 Å². The van der Waals surface area contributed by atoms with E-state index in [-0.39, 0.29) is 23.4 Å². The third kappa shape index (κ3) is 2.76. The lowest BCUT2D eigenvalue weighted by Crippen LogP contribution is -2.42. The molecule has 1 saturated heterocycles. The minimum Gasteiger partial charge on any atom is -0.393 e. The minimum atomic E-state index is -0.287. The average Bonchev–Trinajstić information content (AvgIpc) is 2.61. The van der Waals surface area contributed by atoms with Crippen molar-refractivity contribution in [1.29, 1.82) is 0 Å². The molecule has 0 radical (unpaired) electrons. The van der Waals surface area contributed by atoms with Crippen molar-refractivity contribution in [2.75, 3.05) is 13.1 Å². The van der Waals surface area contributed by atoms with E-state index in [2.05, 4.69) is 0 Å². The SMILES string of the molecule is Cc1csc(=O)n1CC(=O)N1CCC(O)CC1. The molecular formula is C11H16N2O3S. The molecule has 1 aromatic rings. The predicted octanol–water partition coefficient (Wildman–Crippen LogP) is 0.202. The minimum absolute atomic E-state index is 0.0412. The first-order valence-corrected chi connectivity index (χ1v) is 6.56. The molecule has 0 aromatic carbocycles. The van der Waals surface area contributed by atoms with Crippen LogP contribution in [-0.2, 0) is 11.3 Å². The molecule has 1 aromatic heterocycles. The number of carbonyl (C=O) groups excluding carboxylic acids is 1. The molecule has 1 aliphatic rings. The molecule has 2 rings (SSSR count). The zero-order valence-corrected chi connectivity index (χ0v) is 10.6. The van der Waals surface area contributed by atoms with Crippen molar-refractivity contribution in [3.05, 3.63) is 20.7 Å². The molecule has 0 spiro atoms. The molecular weight excluding hydrogens is 240 g/mol. The molecule has 0 bridgehead atoms. The van der Waals surface area contributed by atoms with Gasteiger partial charge in [0.05, 0.1) is 6.10 Å². The molecule has 17 heavy (non-hydrogen) atoms. The van der Waals surface area contributed by atoms with Crippen molar-refractivity contribution >= 4 is 17.2 Å². The second-order valence-electron chi connectivity index (χ2n) is 4.34. The summed E-state index contributed by atoms with van der Waals surface area (Å²) in [6, 6.07) is 0. The average molecular weight is 256 g/mol. The second kappa shape index (κ2) is 5.01. The highest BCUT2D eigenvalue weighted by atomic mass is 32.1. The number of aryl methyl sites for hydroxylation is 1. The maximum absolute atomic E-state index is 12.0. The maximum atomic E-state index is 12.0. The Labute approximate surface area is 103 Å². The number of aliphatic hydroxyl groups is 1. The number of likely N-dealkylation sites (tertiary alicyclic amines) is 1. The normalized spacial score (nSPS) is 17.4. The lowest BCUT2D eigenvalue weighted by atomic mass is 10.1. The van der Waals surface area contributed by atoms with Gasteiger partial charge in [-0.25, -0.2) is 0 Å². The van der Waals surface area contributed by atoms with Crippen molar-refractivity contribution in [3.8, 4) is 0 Å². The molecule has 0 atom stereocenters. The van der Waals surface area contributed by atoms with E-state index in [1.165, 1.54) is 4.57 Å². The number of hydrogen-bond donors (Lipinski definition) is 1. The molecule has 0 aliphatic carbocycles. The lowest BCUT2D eigenvalue weighted by molar-refractivity contribution is -0.133. The van der Waals surface area contributed by atoms with Crippen LogP contribution in [0.3, 0.4) is 0 Å². The second-order valence-corrected chi connectivity index (χ2v) is 5.16. The molecule has 5 nitrogen and oxygen atoms in total. The fourth-order valence-electron chi connectivity index (χ4n) is 1.95. The third-order valence-electron chi connectivity index (χ3n) is 3.09. The number of piperidine rings is 1. The van der Waals surface area contributed by atoms with Gasteiger partial charge in [0, 0.05) is 24.2 Å². The lowest BCUT2D eigenvalue weighted by Gasteiger charge is -2.29. The van der Waals surface area contributed by atoms with E-state index >= 15 is 0 Å². The quantitative estimate of drug-likeness (QED) is 0.822. The Hall–Kier alpha value is -1.14. The first-order chi connectivity index (χ1) is 8.08. The van der Waals surface area contributed by atoms with Crippen molar-refractivity contribution in [3.63, 3.8) is 0 Å². The number of aliphatic hydroxyl groups excluding tert-OH is 1. The third-order valence-corrected chi connectivity index (χ3v) is 3.97. The van der Waals surface area contributed by atoms with Gasteiger partial charge in [-0.2, -0.15) is 0 Å². The number of aromatic nitrogens is 1. The number of rotatable bonds is 2. The fourth-order valence-corrected chi connectivity index (χ4v) is 2.68. The van der Waals surface area contributed by atoms with Gasteiger partial charge in [0.1, 0.15) is 6.54 Å². The van der Waals surface area contributed by atoms with E-state index in [4.69, 9.17) is 0 Å². The van der Waals surface area contributed by atoms with E-state index in [1.807, 2.05) is 6.92 Å². The van der Waals surface area contributed by atoms with Crippen LogP contribution in [0.4, 0.5) is 0 Å². The Balaban J connectivity index is 2.00. The van der Waals surface area contributed by atoms with Crippen molar-refractivity contribution < 1.29 is 9.90 Å². The van der Waals surface area contributed by atoms with E-state index in [0.717, 1.165) is 17.0 Å². The highest BCUT2D eigenvalue weighted by molar-refractivity contribution is 7.07. The topological polar surface area (TPSA) is 62.5 Å². The van der Waals surface area contributed by atoms with Crippen LogP contribution < -0.4 is 4.87 Å². The van der Waals surface area contributed by atoms with Gasteiger partial charge in [-0.05, 0) is 19.8 Å². The van der Waals surface area contributed by atoms with E-state index in [0.29, 0.717) is 25.9 Å². The number of thiazole rings is 1. The molecule has 1 fully saturated rings. The first kappa shape index (κ1) is 12.3. The van der Waals surface area contributed by atoms with Crippen LogP contribution in [0.1, 0.15) is 18.5 Å². The van der Waals surface area contributed by atoms with E-state index in [1.54, 1.807) is 10.3 Å². The van der Waals surface area contributed by atoms with Crippen LogP contribution in [-0.4, -0.2) is 39.7 Å². The summed E-state index contributed by atoms with van der Waals surface area (Å²) in [5, 5.41) is 11.1. The maximum Gasteiger partial charge on any atom is 0.307 e. The molecule has 1 N–H and O–H groups in total. The van der Waals surface area contributed by atoms with Crippen LogP contribution in [0.25, 0.3) is 0 Å². The molecule has 6 heteroatoms. The molecule has 94 valence electrons. The Morgan fingerprint density at radius 3 is 2.71 bits per heavy atom. The van der Waals surface area contributed by atoms with Crippen molar-refractivity contribution in [2.24, 2.45) is 0 Å². The Kier molecular flexibility index (Phi) is 3.63. The zero-order valence-electron chi connectivity index (χ0n) is 9.76. The number of amides is 1. The fraction of sp³-hybridized carbons (Fsp3) is 0.636. The first-order valence-electron chi connectivity index (χ1n) is 5.68. The van der Waals surface area contributed by atoms with Gasteiger partial charge < -0.3 is 10.0 Å². The summed E-state index contributed by atoms with van der Waals surface area (Å²) in [5.74, 6) is -0.0412. The highest BCUT2D eigenvalue weighted by Gasteiger charge is 2.22. The summed E-state index contributed by atoms with van der Waals surface area (Å²) in [6.07, 6.45) is 0.969. The van der Waals surface area contributed by atoms with E-state index in [9.17, 15) is 14.7 Å². The highest BCUT2D eigenvalue weighted by Crippen LogP contribution is 2.11. The smallest absolute Gasteiger partial charge is 0.307 e. The van der Waals surface area contributed by atoms with Crippen LogP contribution in [0.5, 0.6) is 0 Å². The van der Waals surface area contributed by atoms with Gasteiger partial charge >= 0.3 is 4.87 Å². The Bertz CT molecular complexity index is 458. The summed E-state index contributed by atoms with van der Waals surface area (Å²) in [6.45, 7) is 3.10. The Morgan fingerprint density at radius 1 is 1.53 bits per heavy atom. The van der Waals surface area contributed by atoms with Gasteiger partial charge in [0.25, 0.3) is 0 Å². The van der Waals surface area contributed by atoms with Gasteiger partial charge in [-0.15, -0.1) is 0 Å². The summed E-state index contributed by atoms with van der Waals surface area (Å²) in [5.41, 5.74) is 0.824. The standard InChI is InChI=1S/C11H16N2O3S/c1-8-7-17-11(16)13(8)6-10(15)12-4-2-9(14)3-5-12/h7,9,14H,2-6H2,1H3. The van der Waals surface area contributed by atoms with Gasteiger partial charge in [-0.1, -0.05) is 11.3 Å². The zero-order chi connectivity index (χ0) is 12.4. The molecule has 0 unspecified atom stereocenters. The van der Waals surface area contributed by atoms with Crippen LogP contribution in [0.2, 0.25) is 0 Å². The molecule has 0 saturated carbocycles. The number of hydrogen-bond acceptors (Lipinski definition) is 4. The summed E-state index contributed by atoms with van der Waals surface area (Å²) in [4.78, 5) is 25.1. The van der Waals surface area contributed by atoms with E-state index < -0.39 is 0 Å². The molecule has 2 heterocycles. The summed E-state index contributed by atoms with van der Waals surface area (Å²) >= 11 is 1.12. The largest absolute Gasteiger partial charge is 0.393 e. The molecule has 1 amide bonds. The van der Waals surface area contributed by atoms with Crippen LogP contribution in [0, 0.1) is 6.92 Å². The van der Waals surface area contributed by atoms with Crippen LogP contribution >= 0.6 is 11.3 Å². The number of carbonyl (C=O) groups is 1. The van der Waals surface area contributed by atoms with Crippen LogP contribution in [0.15, 0.2) is 10.2 Å². The summed E-state index contributed by atoms with van der Waals surface area (Å²) in [7, 11) is 0. The predicted molar refractivity (Wildman–Crippen MR) is 65.1 cm³/mol. The number of nitrogens with zero attached hydrogens (tertiary/aromatic N) is 2. The van der Waals surface area contributed by atoms with Gasteiger partial charge in [0.2, 0.25) is 5.91 Å². The van der Waals surface area contributed by atoms with Gasteiger partial charge in [-0.3, -0.25) is 14.2 Å². The van der Waals surface area contributed by atoms with Crippen molar-refractivity contribution in [2.45, 2.75) is 32.4 Å².